The molecule has 0 bridgehead atoms. The smallest absolute Gasteiger partial charge is 0.213 e. The third kappa shape index (κ3) is 2.99. The molecule has 106 valence electrons. The Hall–Kier alpha value is -1.88. The van der Waals surface area contributed by atoms with Gasteiger partial charge in [0.25, 0.3) is 0 Å². The summed E-state index contributed by atoms with van der Waals surface area (Å²) in [6.45, 7) is 0.898. The topological polar surface area (TPSA) is 60.2 Å². The second-order valence-electron chi connectivity index (χ2n) is 5.19. The number of methoxy groups -OCH3 is 1. The molecule has 2 aromatic rings. The van der Waals surface area contributed by atoms with Crippen molar-refractivity contribution >= 4 is 0 Å². The Morgan fingerprint density at radius 1 is 1.40 bits per heavy atom. The summed E-state index contributed by atoms with van der Waals surface area (Å²) >= 11 is 0. The maximum absolute atomic E-state index is 5.27. The van der Waals surface area contributed by atoms with E-state index in [1.165, 1.54) is 24.8 Å². The molecule has 0 radical (unpaired) electrons. The van der Waals surface area contributed by atoms with Crippen LogP contribution < -0.4 is 10.1 Å². The first-order valence-corrected chi connectivity index (χ1v) is 6.97. The van der Waals surface area contributed by atoms with Gasteiger partial charge in [0, 0.05) is 19.0 Å². The lowest BCUT2D eigenvalue weighted by Crippen LogP contribution is -2.41. The van der Waals surface area contributed by atoms with Crippen LogP contribution in [0.3, 0.4) is 0 Å². The molecular weight excluding hydrogens is 254 g/mol. The van der Waals surface area contributed by atoms with E-state index >= 15 is 0 Å². The highest BCUT2D eigenvalue weighted by molar-refractivity contribution is 5.32. The minimum Gasteiger partial charge on any atom is -0.497 e. The number of nitrogens with one attached hydrogen (secondary N) is 1. The summed E-state index contributed by atoms with van der Waals surface area (Å²) in [4.78, 5) is 4.01. The molecule has 1 saturated carbocycles. The quantitative estimate of drug-likeness (QED) is 0.874. The number of hydrogen-bond acceptors (Lipinski definition) is 5. The lowest BCUT2D eigenvalue weighted by molar-refractivity contribution is 0.291. The van der Waals surface area contributed by atoms with E-state index in [9.17, 15) is 0 Å². The van der Waals surface area contributed by atoms with Crippen LogP contribution in [0.5, 0.6) is 5.75 Å². The highest BCUT2D eigenvalue weighted by Crippen LogP contribution is 2.37. The molecule has 3 rings (SSSR count). The van der Waals surface area contributed by atoms with E-state index in [1.807, 2.05) is 6.07 Å². The number of ether oxygens (including phenoxy) is 1. The van der Waals surface area contributed by atoms with Crippen molar-refractivity contribution in [2.24, 2.45) is 0 Å². The van der Waals surface area contributed by atoms with Gasteiger partial charge in [-0.1, -0.05) is 17.3 Å². The van der Waals surface area contributed by atoms with Crippen molar-refractivity contribution in [2.75, 3.05) is 13.7 Å². The highest BCUT2D eigenvalue weighted by atomic mass is 16.5. The zero-order valence-electron chi connectivity index (χ0n) is 11.6. The molecule has 0 amide bonds. The van der Waals surface area contributed by atoms with Crippen LogP contribution in [0.1, 0.15) is 30.1 Å². The van der Waals surface area contributed by atoms with Gasteiger partial charge in [-0.25, -0.2) is 0 Å². The molecule has 5 heteroatoms. The van der Waals surface area contributed by atoms with Gasteiger partial charge in [-0.2, -0.15) is 4.98 Å². The van der Waals surface area contributed by atoms with Crippen molar-refractivity contribution in [2.45, 2.75) is 31.2 Å². The first-order chi connectivity index (χ1) is 9.85. The van der Waals surface area contributed by atoms with Crippen LogP contribution in [0.2, 0.25) is 0 Å². The molecule has 0 saturated heterocycles. The summed E-state index contributed by atoms with van der Waals surface area (Å²) in [6, 6.07) is 8.97. The Balaban J connectivity index is 1.42. The van der Waals surface area contributed by atoms with E-state index in [0.717, 1.165) is 24.5 Å². The van der Waals surface area contributed by atoms with Crippen LogP contribution in [0, 0.1) is 0 Å². The second kappa shape index (κ2) is 6.05. The zero-order chi connectivity index (χ0) is 13.8. The Labute approximate surface area is 118 Å². The number of benzene rings is 1. The summed E-state index contributed by atoms with van der Waals surface area (Å²) in [7, 11) is 1.71. The molecule has 0 unspecified atom stereocenters. The minimum absolute atomic E-state index is 0.595. The highest BCUT2D eigenvalue weighted by Gasteiger charge is 2.29. The van der Waals surface area contributed by atoms with E-state index in [-0.39, 0.29) is 0 Å². The van der Waals surface area contributed by atoms with Crippen molar-refractivity contribution in [1.82, 2.24) is 15.5 Å². The zero-order valence-corrected chi connectivity index (χ0v) is 11.6. The first kappa shape index (κ1) is 13.1. The van der Waals surface area contributed by atoms with Gasteiger partial charge < -0.3 is 14.6 Å². The van der Waals surface area contributed by atoms with E-state index in [4.69, 9.17) is 9.26 Å². The van der Waals surface area contributed by atoms with Crippen LogP contribution in [-0.2, 0) is 6.42 Å². The number of hydrogen-bond donors (Lipinski definition) is 1. The molecule has 1 aliphatic rings. The average Bonchev–Trinajstić information content (AvgIpc) is 2.94. The SMILES string of the molecule is COc1cccc(C2CC(NCCc3ncon3)C2)c1. The standard InChI is InChI=1S/C15H19N3O2/c1-19-14-4-2-3-11(9-14)12-7-13(8-12)16-6-5-15-17-10-20-18-15/h2-4,9-10,12-13,16H,5-8H2,1H3. The van der Waals surface area contributed by atoms with Gasteiger partial charge in [-0.15, -0.1) is 0 Å². The van der Waals surface area contributed by atoms with Crippen molar-refractivity contribution in [3.8, 4) is 5.75 Å². The molecule has 0 aliphatic heterocycles. The minimum atomic E-state index is 0.595. The van der Waals surface area contributed by atoms with Crippen molar-refractivity contribution in [3.63, 3.8) is 0 Å². The van der Waals surface area contributed by atoms with E-state index < -0.39 is 0 Å². The van der Waals surface area contributed by atoms with Crippen LogP contribution in [0.4, 0.5) is 0 Å². The molecule has 1 aromatic heterocycles. The molecule has 1 N–H and O–H groups in total. The molecule has 1 heterocycles. The molecule has 20 heavy (non-hydrogen) atoms. The number of nitrogens with zero attached hydrogens (tertiary/aromatic N) is 2. The fourth-order valence-corrected chi connectivity index (χ4v) is 2.64. The maximum Gasteiger partial charge on any atom is 0.213 e. The summed E-state index contributed by atoms with van der Waals surface area (Å²) in [6.07, 6.45) is 4.55. The summed E-state index contributed by atoms with van der Waals surface area (Å²) in [5.41, 5.74) is 1.38. The van der Waals surface area contributed by atoms with Crippen LogP contribution in [-0.4, -0.2) is 29.8 Å². The lowest BCUT2D eigenvalue weighted by atomic mass is 9.76. The largest absolute Gasteiger partial charge is 0.497 e. The van der Waals surface area contributed by atoms with E-state index in [2.05, 4.69) is 33.7 Å². The molecular formula is C15H19N3O2. The lowest BCUT2D eigenvalue weighted by Gasteiger charge is -2.36. The predicted molar refractivity (Wildman–Crippen MR) is 74.8 cm³/mol. The number of aromatic nitrogens is 2. The molecule has 1 aliphatic carbocycles. The Kier molecular flexibility index (Phi) is 3.97. The van der Waals surface area contributed by atoms with Crippen molar-refractivity contribution in [3.05, 3.63) is 42.0 Å². The Morgan fingerprint density at radius 3 is 3.05 bits per heavy atom. The molecule has 1 aromatic carbocycles. The Bertz CT molecular complexity index is 536. The molecule has 0 atom stereocenters. The van der Waals surface area contributed by atoms with Crippen LogP contribution >= 0.6 is 0 Å². The van der Waals surface area contributed by atoms with Crippen molar-refractivity contribution in [1.29, 1.82) is 0 Å². The first-order valence-electron chi connectivity index (χ1n) is 6.97. The van der Waals surface area contributed by atoms with Crippen LogP contribution in [0.25, 0.3) is 0 Å². The van der Waals surface area contributed by atoms with E-state index in [0.29, 0.717) is 12.0 Å². The van der Waals surface area contributed by atoms with Gasteiger partial charge in [0.2, 0.25) is 6.39 Å². The average molecular weight is 273 g/mol. The molecule has 1 fully saturated rings. The summed E-state index contributed by atoms with van der Waals surface area (Å²) in [5, 5.41) is 7.33. The van der Waals surface area contributed by atoms with E-state index in [1.54, 1.807) is 7.11 Å². The second-order valence-corrected chi connectivity index (χ2v) is 5.19. The molecule has 0 spiro atoms. The fourth-order valence-electron chi connectivity index (χ4n) is 2.64. The Morgan fingerprint density at radius 2 is 2.30 bits per heavy atom. The predicted octanol–water partition coefficient (Wildman–Crippen LogP) is 2.16. The monoisotopic (exact) mass is 273 g/mol. The van der Waals surface area contributed by atoms with Gasteiger partial charge >= 0.3 is 0 Å². The van der Waals surface area contributed by atoms with Crippen molar-refractivity contribution < 1.29 is 9.26 Å². The maximum atomic E-state index is 5.27. The van der Waals surface area contributed by atoms with Gasteiger partial charge in [0.1, 0.15) is 5.75 Å². The van der Waals surface area contributed by atoms with Crippen LogP contribution in [0.15, 0.2) is 35.2 Å². The van der Waals surface area contributed by atoms with Gasteiger partial charge in [0.15, 0.2) is 5.82 Å². The van der Waals surface area contributed by atoms with Gasteiger partial charge in [-0.05, 0) is 36.5 Å². The normalized spacial score (nSPS) is 21.4. The summed E-state index contributed by atoms with van der Waals surface area (Å²) < 4.78 is 9.98. The fraction of sp³-hybridized carbons (Fsp3) is 0.467. The third-order valence-electron chi connectivity index (χ3n) is 3.89. The third-order valence-corrected chi connectivity index (χ3v) is 3.89. The molecule has 5 nitrogen and oxygen atoms in total. The summed E-state index contributed by atoms with van der Waals surface area (Å²) in [5.74, 6) is 2.35. The number of rotatable bonds is 6. The van der Waals surface area contributed by atoms with Gasteiger partial charge in [0.05, 0.1) is 7.11 Å². The van der Waals surface area contributed by atoms with Gasteiger partial charge in [-0.3, -0.25) is 0 Å².